The van der Waals surface area contributed by atoms with Crippen molar-refractivity contribution in [2.45, 2.75) is 19.3 Å². The van der Waals surface area contributed by atoms with Crippen molar-refractivity contribution in [3.05, 3.63) is 60.2 Å². The van der Waals surface area contributed by atoms with Crippen LogP contribution < -0.4 is 10.1 Å². The first-order valence-corrected chi connectivity index (χ1v) is 6.55. The molecule has 2 heteroatoms. The van der Waals surface area contributed by atoms with Crippen molar-refractivity contribution in [3.63, 3.8) is 0 Å². The van der Waals surface area contributed by atoms with Gasteiger partial charge in [0.05, 0.1) is 7.11 Å². The van der Waals surface area contributed by atoms with Gasteiger partial charge in [-0.05, 0) is 17.7 Å². The van der Waals surface area contributed by atoms with Gasteiger partial charge in [-0.2, -0.15) is 0 Å². The smallest absolute Gasteiger partial charge is 0.120 e. The Morgan fingerprint density at radius 2 is 1.74 bits per heavy atom. The molecule has 0 heterocycles. The van der Waals surface area contributed by atoms with Crippen LogP contribution in [0.5, 0.6) is 5.75 Å². The van der Waals surface area contributed by atoms with E-state index >= 15 is 0 Å². The second kappa shape index (κ2) is 5.79. The Morgan fingerprint density at radius 3 is 2.42 bits per heavy atom. The second-order valence-corrected chi connectivity index (χ2v) is 5.34. The standard InChI is InChI=1S/C17H21NO/c1-17(2,14-8-5-4-6-9-14)13-18-15-10-7-11-16(12-15)19-3/h4-12,18H,13H2,1-3H3. The van der Waals surface area contributed by atoms with Crippen LogP contribution in [0, 0.1) is 0 Å². The quantitative estimate of drug-likeness (QED) is 0.869. The zero-order valence-corrected chi connectivity index (χ0v) is 11.8. The summed E-state index contributed by atoms with van der Waals surface area (Å²) < 4.78 is 5.23. The SMILES string of the molecule is COc1cccc(NCC(C)(C)c2ccccc2)c1. The minimum atomic E-state index is 0.0876. The fourth-order valence-corrected chi connectivity index (χ4v) is 2.05. The van der Waals surface area contributed by atoms with Crippen molar-refractivity contribution < 1.29 is 4.74 Å². The fraction of sp³-hybridized carbons (Fsp3) is 0.294. The summed E-state index contributed by atoms with van der Waals surface area (Å²) in [5, 5.41) is 3.48. The summed E-state index contributed by atoms with van der Waals surface area (Å²) in [6.45, 7) is 5.37. The van der Waals surface area contributed by atoms with E-state index in [4.69, 9.17) is 4.74 Å². The van der Waals surface area contributed by atoms with Crippen molar-refractivity contribution in [2.24, 2.45) is 0 Å². The summed E-state index contributed by atoms with van der Waals surface area (Å²) in [7, 11) is 1.69. The van der Waals surface area contributed by atoms with Gasteiger partial charge in [-0.3, -0.25) is 0 Å². The summed E-state index contributed by atoms with van der Waals surface area (Å²) in [6.07, 6.45) is 0. The van der Waals surface area contributed by atoms with Gasteiger partial charge in [-0.1, -0.05) is 50.2 Å². The molecule has 0 fully saturated rings. The normalized spacial score (nSPS) is 11.1. The lowest BCUT2D eigenvalue weighted by Crippen LogP contribution is -2.27. The predicted octanol–water partition coefficient (Wildman–Crippen LogP) is 4.08. The molecule has 0 atom stereocenters. The number of ether oxygens (including phenoxy) is 1. The highest BCUT2D eigenvalue weighted by molar-refractivity contribution is 5.48. The number of benzene rings is 2. The number of anilines is 1. The summed E-state index contributed by atoms with van der Waals surface area (Å²) in [5.74, 6) is 0.877. The maximum absolute atomic E-state index is 5.23. The van der Waals surface area contributed by atoms with Crippen LogP contribution in [0.4, 0.5) is 5.69 Å². The fourth-order valence-electron chi connectivity index (χ4n) is 2.05. The monoisotopic (exact) mass is 255 g/mol. The summed E-state index contributed by atoms with van der Waals surface area (Å²) in [5.41, 5.74) is 2.51. The zero-order valence-electron chi connectivity index (χ0n) is 11.8. The van der Waals surface area contributed by atoms with Crippen LogP contribution in [0.1, 0.15) is 19.4 Å². The van der Waals surface area contributed by atoms with E-state index in [0.29, 0.717) is 0 Å². The molecule has 0 aliphatic heterocycles. The van der Waals surface area contributed by atoms with E-state index in [9.17, 15) is 0 Å². The van der Waals surface area contributed by atoms with Gasteiger partial charge in [-0.25, -0.2) is 0 Å². The number of methoxy groups -OCH3 is 1. The van der Waals surface area contributed by atoms with Gasteiger partial charge in [0.2, 0.25) is 0 Å². The van der Waals surface area contributed by atoms with Gasteiger partial charge in [0.1, 0.15) is 5.75 Å². The number of hydrogen-bond donors (Lipinski definition) is 1. The molecule has 2 nitrogen and oxygen atoms in total. The van der Waals surface area contributed by atoms with E-state index in [0.717, 1.165) is 18.0 Å². The predicted molar refractivity (Wildman–Crippen MR) is 81.0 cm³/mol. The molecule has 100 valence electrons. The van der Waals surface area contributed by atoms with E-state index in [1.54, 1.807) is 7.11 Å². The number of nitrogens with one attached hydrogen (secondary N) is 1. The van der Waals surface area contributed by atoms with Crippen molar-refractivity contribution in [1.29, 1.82) is 0 Å². The largest absolute Gasteiger partial charge is 0.497 e. The molecule has 2 aromatic rings. The molecule has 0 radical (unpaired) electrons. The zero-order chi connectivity index (χ0) is 13.7. The average molecular weight is 255 g/mol. The lowest BCUT2D eigenvalue weighted by Gasteiger charge is -2.26. The molecule has 0 aromatic heterocycles. The lowest BCUT2D eigenvalue weighted by atomic mass is 9.84. The molecule has 2 aromatic carbocycles. The van der Waals surface area contributed by atoms with Crippen molar-refractivity contribution in [1.82, 2.24) is 0 Å². The van der Waals surface area contributed by atoms with Gasteiger partial charge in [0.25, 0.3) is 0 Å². The molecule has 2 rings (SSSR count). The third kappa shape index (κ3) is 3.50. The first-order chi connectivity index (χ1) is 9.12. The molecule has 0 spiro atoms. The maximum atomic E-state index is 5.23. The van der Waals surface area contributed by atoms with E-state index in [1.807, 2.05) is 18.2 Å². The Labute approximate surface area is 115 Å². The van der Waals surface area contributed by atoms with E-state index in [2.05, 4.69) is 55.6 Å². The van der Waals surface area contributed by atoms with Gasteiger partial charge in [-0.15, -0.1) is 0 Å². The first-order valence-electron chi connectivity index (χ1n) is 6.55. The third-order valence-corrected chi connectivity index (χ3v) is 3.36. The molecule has 0 aliphatic carbocycles. The minimum Gasteiger partial charge on any atom is -0.497 e. The van der Waals surface area contributed by atoms with Crippen LogP contribution >= 0.6 is 0 Å². The topological polar surface area (TPSA) is 21.3 Å². The molecule has 1 N–H and O–H groups in total. The molecule has 0 saturated carbocycles. The molecule has 0 saturated heterocycles. The van der Waals surface area contributed by atoms with E-state index < -0.39 is 0 Å². The second-order valence-electron chi connectivity index (χ2n) is 5.34. The molecule has 19 heavy (non-hydrogen) atoms. The molecule has 0 aliphatic rings. The van der Waals surface area contributed by atoms with Crippen LogP contribution in [0.2, 0.25) is 0 Å². The van der Waals surface area contributed by atoms with Crippen LogP contribution in [-0.4, -0.2) is 13.7 Å². The van der Waals surface area contributed by atoms with E-state index in [-0.39, 0.29) is 5.41 Å². The summed E-state index contributed by atoms with van der Waals surface area (Å²) in [6, 6.07) is 18.6. The highest BCUT2D eigenvalue weighted by Gasteiger charge is 2.19. The Kier molecular flexibility index (Phi) is 4.10. The van der Waals surface area contributed by atoms with Crippen molar-refractivity contribution in [3.8, 4) is 5.75 Å². The van der Waals surface area contributed by atoms with E-state index in [1.165, 1.54) is 5.56 Å². The maximum Gasteiger partial charge on any atom is 0.120 e. The minimum absolute atomic E-state index is 0.0876. The van der Waals surface area contributed by atoms with Crippen molar-refractivity contribution >= 4 is 5.69 Å². The summed E-state index contributed by atoms with van der Waals surface area (Å²) in [4.78, 5) is 0. The van der Waals surface area contributed by atoms with Crippen LogP contribution in [0.15, 0.2) is 54.6 Å². The Hall–Kier alpha value is -1.96. The van der Waals surface area contributed by atoms with Gasteiger partial charge in [0, 0.05) is 23.7 Å². The van der Waals surface area contributed by atoms with Gasteiger partial charge < -0.3 is 10.1 Å². The molecule has 0 unspecified atom stereocenters. The Balaban J connectivity index is 2.05. The molecular formula is C17H21NO. The van der Waals surface area contributed by atoms with Gasteiger partial charge >= 0.3 is 0 Å². The average Bonchev–Trinajstić information content (AvgIpc) is 2.46. The van der Waals surface area contributed by atoms with Crippen LogP contribution in [0.25, 0.3) is 0 Å². The third-order valence-electron chi connectivity index (χ3n) is 3.36. The molecular weight excluding hydrogens is 234 g/mol. The van der Waals surface area contributed by atoms with Crippen molar-refractivity contribution in [2.75, 3.05) is 19.0 Å². The molecule has 0 amide bonds. The Bertz CT molecular complexity index is 520. The summed E-state index contributed by atoms with van der Waals surface area (Å²) >= 11 is 0. The number of rotatable bonds is 5. The van der Waals surface area contributed by atoms with Gasteiger partial charge in [0.15, 0.2) is 0 Å². The highest BCUT2D eigenvalue weighted by Crippen LogP contribution is 2.24. The first kappa shape index (κ1) is 13.5. The van der Waals surface area contributed by atoms with Crippen LogP contribution in [0.3, 0.4) is 0 Å². The highest BCUT2D eigenvalue weighted by atomic mass is 16.5. The Morgan fingerprint density at radius 1 is 1.00 bits per heavy atom. The molecule has 0 bridgehead atoms. The lowest BCUT2D eigenvalue weighted by molar-refractivity contribution is 0.415. The number of hydrogen-bond acceptors (Lipinski definition) is 2. The van der Waals surface area contributed by atoms with Crippen LogP contribution in [-0.2, 0) is 5.41 Å².